The van der Waals surface area contributed by atoms with Crippen molar-refractivity contribution in [3.8, 4) is 0 Å². The van der Waals surface area contributed by atoms with Crippen LogP contribution in [0.15, 0.2) is 18.2 Å². The molecule has 2 fully saturated rings. The van der Waals surface area contributed by atoms with Crippen LogP contribution >= 0.6 is 0 Å². The average molecular weight is 264 g/mol. The van der Waals surface area contributed by atoms with Gasteiger partial charge in [-0.25, -0.2) is 4.39 Å². The second kappa shape index (κ2) is 5.10. The van der Waals surface area contributed by atoms with Crippen LogP contribution in [0.3, 0.4) is 0 Å². The Morgan fingerprint density at radius 1 is 1.21 bits per heavy atom. The van der Waals surface area contributed by atoms with Crippen molar-refractivity contribution in [3.05, 3.63) is 29.6 Å². The number of rotatable bonds is 3. The van der Waals surface area contributed by atoms with Crippen LogP contribution in [0.25, 0.3) is 0 Å². The van der Waals surface area contributed by atoms with Crippen molar-refractivity contribution >= 4 is 5.69 Å². The van der Waals surface area contributed by atoms with Gasteiger partial charge < -0.3 is 10.0 Å². The Morgan fingerprint density at radius 2 is 1.89 bits per heavy atom. The molecule has 4 heteroatoms. The molecule has 19 heavy (non-hydrogen) atoms. The van der Waals surface area contributed by atoms with Gasteiger partial charge in [0.1, 0.15) is 5.82 Å². The maximum Gasteiger partial charge on any atom is 0.131 e. The van der Waals surface area contributed by atoms with Crippen molar-refractivity contribution in [1.82, 2.24) is 4.90 Å². The largest absolute Gasteiger partial charge is 0.389 e. The molecule has 1 N–H and O–H groups in total. The van der Waals surface area contributed by atoms with Crippen LogP contribution in [0.1, 0.15) is 31.4 Å². The first-order chi connectivity index (χ1) is 9.16. The fraction of sp³-hybridized carbons (Fsp3) is 0.600. The zero-order chi connectivity index (χ0) is 13.4. The Bertz CT molecular complexity index is 451. The molecule has 0 bridgehead atoms. The fourth-order valence-electron chi connectivity index (χ4n) is 2.98. The van der Waals surface area contributed by atoms with E-state index in [1.54, 1.807) is 13.0 Å². The minimum absolute atomic E-state index is 0.308. The van der Waals surface area contributed by atoms with E-state index in [4.69, 9.17) is 0 Å². The first-order valence-electron chi connectivity index (χ1n) is 7.12. The standard InChI is InChI=1S/C15H21FN2O/c1-11(19)15-13(16)3-2-4-14(15)18-9-7-17(8-10-18)12-5-6-12/h2-4,11-12,19H,5-10H2,1H3/t11-/m0/s1. The van der Waals surface area contributed by atoms with Gasteiger partial charge in [0.15, 0.2) is 0 Å². The molecular formula is C15H21FN2O. The summed E-state index contributed by atoms with van der Waals surface area (Å²) in [4.78, 5) is 4.72. The third kappa shape index (κ3) is 2.60. The van der Waals surface area contributed by atoms with Crippen LogP contribution in [0, 0.1) is 5.82 Å². The number of aliphatic hydroxyl groups excluding tert-OH is 1. The Hall–Kier alpha value is -1.13. The summed E-state index contributed by atoms with van der Waals surface area (Å²) in [5, 5.41) is 9.79. The molecule has 1 aliphatic carbocycles. The Labute approximate surface area is 113 Å². The van der Waals surface area contributed by atoms with E-state index in [9.17, 15) is 9.50 Å². The normalized spacial score (nSPS) is 22.6. The van der Waals surface area contributed by atoms with E-state index in [0.717, 1.165) is 37.9 Å². The summed E-state index contributed by atoms with van der Waals surface area (Å²) >= 11 is 0. The topological polar surface area (TPSA) is 26.7 Å². The molecule has 1 saturated carbocycles. The summed E-state index contributed by atoms with van der Waals surface area (Å²) in [6.45, 7) is 5.54. The second-order valence-electron chi connectivity index (χ2n) is 5.60. The lowest BCUT2D eigenvalue weighted by Crippen LogP contribution is -2.47. The first-order valence-corrected chi connectivity index (χ1v) is 7.12. The van der Waals surface area contributed by atoms with E-state index >= 15 is 0 Å². The van der Waals surface area contributed by atoms with Crippen molar-refractivity contribution in [3.63, 3.8) is 0 Å². The van der Waals surface area contributed by atoms with E-state index in [0.29, 0.717) is 5.56 Å². The highest BCUT2D eigenvalue weighted by Gasteiger charge is 2.31. The Balaban J connectivity index is 1.77. The highest BCUT2D eigenvalue weighted by molar-refractivity contribution is 5.55. The molecule has 1 aliphatic heterocycles. The lowest BCUT2D eigenvalue weighted by molar-refractivity contribution is 0.193. The monoisotopic (exact) mass is 264 g/mol. The summed E-state index contributed by atoms with van der Waals surface area (Å²) in [5.41, 5.74) is 1.29. The molecule has 1 heterocycles. The van der Waals surface area contributed by atoms with Crippen LogP contribution in [0.5, 0.6) is 0 Å². The van der Waals surface area contributed by atoms with Gasteiger partial charge in [0.2, 0.25) is 0 Å². The summed E-state index contributed by atoms with van der Waals surface area (Å²) in [5.74, 6) is -0.308. The molecule has 0 spiro atoms. The summed E-state index contributed by atoms with van der Waals surface area (Å²) in [7, 11) is 0. The van der Waals surface area contributed by atoms with Gasteiger partial charge >= 0.3 is 0 Å². The molecule has 0 amide bonds. The second-order valence-corrected chi connectivity index (χ2v) is 5.60. The Morgan fingerprint density at radius 3 is 2.47 bits per heavy atom. The molecule has 0 radical (unpaired) electrons. The van der Waals surface area contributed by atoms with Crippen LogP contribution in [-0.4, -0.2) is 42.2 Å². The molecule has 0 unspecified atom stereocenters. The highest BCUT2D eigenvalue weighted by Crippen LogP contribution is 2.32. The maximum absolute atomic E-state index is 13.9. The van der Waals surface area contributed by atoms with E-state index in [1.165, 1.54) is 18.9 Å². The molecule has 3 nitrogen and oxygen atoms in total. The first kappa shape index (κ1) is 12.9. The number of nitrogens with zero attached hydrogens (tertiary/aromatic N) is 2. The summed E-state index contributed by atoms with van der Waals surface area (Å²) < 4.78 is 13.9. The molecule has 1 aromatic rings. The van der Waals surface area contributed by atoms with Crippen LogP contribution in [0.4, 0.5) is 10.1 Å². The smallest absolute Gasteiger partial charge is 0.131 e. The molecular weight excluding hydrogens is 243 g/mol. The third-order valence-electron chi connectivity index (χ3n) is 4.17. The van der Waals surface area contributed by atoms with Gasteiger partial charge in [-0.3, -0.25) is 4.90 Å². The summed E-state index contributed by atoms with van der Waals surface area (Å²) in [6, 6.07) is 5.86. The van der Waals surface area contributed by atoms with Gasteiger partial charge in [-0.2, -0.15) is 0 Å². The number of halogens is 1. The summed E-state index contributed by atoms with van der Waals surface area (Å²) in [6.07, 6.45) is 1.90. The fourth-order valence-corrected chi connectivity index (χ4v) is 2.98. The molecule has 3 rings (SSSR count). The zero-order valence-electron chi connectivity index (χ0n) is 11.3. The number of hydrogen-bond acceptors (Lipinski definition) is 3. The number of hydrogen-bond donors (Lipinski definition) is 1. The van der Waals surface area contributed by atoms with Gasteiger partial charge in [-0.1, -0.05) is 6.07 Å². The SMILES string of the molecule is C[C@H](O)c1c(F)cccc1N1CCN(C2CC2)CC1. The van der Waals surface area contributed by atoms with Gasteiger partial charge in [0, 0.05) is 43.5 Å². The molecule has 1 aromatic carbocycles. The molecule has 1 saturated heterocycles. The van der Waals surface area contributed by atoms with E-state index in [-0.39, 0.29) is 5.82 Å². The van der Waals surface area contributed by atoms with Crippen molar-refractivity contribution in [2.75, 3.05) is 31.1 Å². The molecule has 0 aromatic heterocycles. The van der Waals surface area contributed by atoms with Crippen molar-refractivity contribution in [2.24, 2.45) is 0 Å². The lowest BCUT2D eigenvalue weighted by atomic mass is 10.1. The third-order valence-corrected chi connectivity index (χ3v) is 4.17. The Kier molecular flexibility index (Phi) is 3.46. The molecule has 104 valence electrons. The van der Waals surface area contributed by atoms with E-state index < -0.39 is 6.10 Å². The van der Waals surface area contributed by atoms with Crippen molar-refractivity contribution in [2.45, 2.75) is 31.9 Å². The number of piperazine rings is 1. The minimum atomic E-state index is -0.766. The van der Waals surface area contributed by atoms with Gasteiger partial charge in [0.05, 0.1) is 6.10 Å². The predicted molar refractivity (Wildman–Crippen MR) is 73.8 cm³/mol. The maximum atomic E-state index is 13.9. The van der Waals surface area contributed by atoms with E-state index in [2.05, 4.69) is 9.80 Å². The zero-order valence-corrected chi connectivity index (χ0v) is 11.3. The van der Waals surface area contributed by atoms with E-state index in [1.807, 2.05) is 6.07 Å². The van der Waals surface area contributed by atoms with Crippen LogP contribution in [-0.2, 0) is 0 Å². The minimum Gasteiger partial charge on any atom is -0.389 e. The lowest BCUT2D eigenvalue weighted by Gasteiger charge is -2.37. The highest BCUT2D eigenvalue weighted by atomic mass is 19.1. The number of anilines is 1. The predicted octanol–water partition coefficient (Wildman–Crippen LogP) is 2.16. The van der Waals surface area contributed by atoms with Gasteiger partial charge in [-0.05, 0) is 31.9 Å². The molecule has 1 atom stereocenters. The van der Waals surface area contributed by atoms with Gasteiger partial charge in [-0.15, -0.1) is 0 Å². The van der Waals surface area contributed by atoms with Crippen molar-refractivity contribution in [1.29, 1.82) is 0 Å². The number of benzene rings is 1. The molecule has 2 aliphatic rings. The number of aliphatic hydroxyl groups is 1. The van der Waals surface area contributed by atoms with Crippen LogP contribution < -0.4 is 4.90 Å². The van der Waals surface area contributed by atoms with Crippen LogP contribution in [0.2, 0.25) is 0 Å². The average Bonchev–Trinajstić information content (AvgIpc) is 3.22. The van der Waals surface area contributed by atoms with Crippen molar-refractivity contribution < 1.29 is 9.50 Å². The van der Waals surface area contributed by atoms with Gasteiger partial charge in [0.25, 0.3) is 0 Å². The quantitative estimate of drug-likeness (QED) is 0.906.